The minimum Gasteiger partial charge on any atom is -0.394 e. The highest BCUT2D eigenvalue weighted by Crippen LogP contribution is 2.48. The second kappa shape index (κ2) is 7.51. The molecule has 1 atom stereocenters. The Hall–Kier alpha value is -0.690. The summed E-state index contributed by atoms with van der Waals surface area (Å²) >= 11 is 0. The molecule has 6 nitrogen and oxygen atoms in total. The molecule has 1 amide bonds. The summed E-state index contributed by atoms with van der Waals surface area (Å²) in [7, 11) is 3.77. The van der Waals surface area contributed by atoms with Gasteiger partial charge in [-0.1, -0.05) is 0 Å². The Morgan fingerprint density at radius 2 is 1.84 bits per heavy atom. The number of hydrogen-bond acceptors (Lipinski definition) is 5. The molecule has 3 fully saturated rings. The molecule has 0 aromatic heterocycles. The van der Waals surface area contributed by atoms with Crippen LogP contribution < -0.4 is 0 Å². The molecule has 3 rings (SSSR count). The number of carbonyl (C=O) groups is 1. The van der Waals surface area contributed by atoms with Gasteiger partial charge in [0.2, 0.25) is 5.91 Å². The van der Waals surface area contributed by atoms with Crippen LogP contribution in [0.1, 0.15) is 39.0 Å². The molecule has 1 N–H and O–H groups in total. The first-order chi connectivity index (χ1) is 11.9. The number of piperidine rings is 2. The molecule has 0 aromatic carbocycles. The summed E-state index contributed by atoms with van der Waals surface area (Å²) in [6.07, 6.45) is 5.72. The van der Waals surface area contributed by atoms with Gasteiger partial charge in [-0.25, -0.2) is 0 Å². The molecule has 0 aromatic rings. The third-order valence-corrected chi connectivity index (χ3v) is 6.87. The predicted molar refractivity (Wildman–Crippen MR) is 97.5 cm³/mol. The zero-order valence-electron chi connectivity index (χ0n) is 16.2. The fourth-order valence-electron chi connectivity index (χ4n) is 5.28. The molecule has 3 aliphatic heterocycles. The predicted octanol–water partition coefficient (Wildman–Crippen LogP) is 0.793. The van der Waals surface area contributed by atoms with Crippen molar-refractivity contribution in [3.05, 3.63) is 0 Å². The molecule has 0 radical (unpaired) electrons. The van der Waals surface area contributed by atoms with E-state index < -0.39 is 5.54 Å². The second-order valence-electron chi connectivity index (χ2n) is 8.82. The molecule has 3 saturated heterocycles. The summed E-state index contributed by atoms with van der Waals surface area (Å²) in [6.45, 7) is 7.59. The molecule has 0 aliphatic carbocycles. The third-order valence-electron chi connectivity index (χ3n) is 6.87. The third kappa shape index (κ3) is 3.87. The van der Waals surface area contributed by atoms with Crippen molar-refractivity contribution in [2.24, 2.45) is 5.41 Å². The molecule has 6 heteroatoms. The van der Waals surface area contributed by atoms with Gasteiger partial charge in [-0.2, -0.15) is 0 Å². The summed E-state index contributed by atoms with van der Waals surface area (Å²) in [5, 5.41) is 9.96. The van der Waals surface area contributed by atoms with Gasteiger partial charge in [-0.15, -0.1) is 0 Å². The largest absolute Gasteiger partial charge is 0.394 e. The first kappa shape index (κ1) is 19.1. The molecule has 0 unspecified atom stereocenters. The Bertz CT molecular complexity index is 471. The van der Waals surface area contributed by atoms with Crippen LogP contribution in [0.3, 0.4) is 0 Å². The molecule has 3 heterocycles. The normalized spacial score (nSPS) is 31.8. The van der Waals surface area contributed by atoms with Gasteiger partial charge in [0.15, 0.2) is 0 Å². The van der Waals surface area contributed by atoms with Gasteiger partial charge in [0.1, 0.15) is 6.61 Å². The molecular weight excluding hydrogens is 318 g/mol. The fourth-order valence-corrected chi connectivity index (χ4v) is 5.28. The molecule has 25 heavy (non-hydrogen) atoms. The molecule has 1 spiro atoms. The van der Waals surface area contributed by atoms with Crippen LogP contribution in [0.2, 0.25) is 0 Å². The number of likely N-dealkylation sites (tertiary alicyclic amines) is 3. The van der Waals surface area contributed by atoms with Gasteiger partial charge < -0.3 is 24.5 Å². The zero-order valence-corrected chi connectivity index (χ0v) is 16.2. The number of amides is 1. The average molecular weight is 354 g/mol. The quantitative estimate of drug-likeness (QED) is 0.810. The van der Waals surface area contributed by atoms with E-state index in [-0.39, 0.29) is 24.5 Å². The standard InChI is InChI=1S/C19H35N3O3/c1-18(15-23)13-19(14-22(18)17(24)12-25-3)6-10-21(11-7-19)16-4-8-20(2)9-5-16/h16,23H,4-15H2,1-3H3/t18-/m0/s1. The number of rotatable bonds is 4. The molecule has 3 aliphatic rings. The van der Waals surface area contributed by atoms with Gasteiger partial charge in [0.25, 0.3) is 0 Å². The smallest absolute Gasteiger partial charge is 0.249 e. The van der Waals surface area contributed by atoms with Crippen LogP contribution in [-0.2, 0) is 9.53 Å². The number of nitrogens with zero attached hydrogens (tertiary/aromatic N) is 3. The van der Waals surface area contributed by atoms with Crippen molar-refractivity contribution in [1.29, 1.82) is 0 Å². The molecule has 0 saturated carbocycles. The van der Waals surface area contributed by atoms with Gasteiger partial charge in [0, 0.05) is 19.7 Å². The van der Waals surface area contributed by atoms with Crippen molar-refractivity contribution in [3.63, 3.8) is 0 Å². The topological polar surface area (TPSA) is 56.2 Å². The zero-order chi connectivity index (χ0) is 18.1. The number of ether oxygens (including phenoxy) is 1. The van der Waals surface area contributed by atoms with E-state index in [2.05, 4.69) is 16.8 Å². The minimum atomic E-state index is -0.439. The first-order valence-corrected chi connectivity index (χ1v) is 9.74. The summed E-state index contributed by atoms with van der Waals surface area (Å²) < 4.78 is 5.05. The van der Waals surface area contributed by atoms with E-state index in [0.717, 1.165) is 44.9 Å². The highest BCUT2D eigenvalue weighted by molar-refractivity contribution is 5.78. The van der Waals surface area contributed by atoms with Gasteiger partial charge >= 0.3 is 0 Å². The summed E-state index contributed by atoms with van der Waals surface area (Å²) in [5.41, 5.74) is -0.270. The van der Waals surface area contributed by atoms with E-state index in [9.17, 15) is 9.90 Å². The van der Waals surface area contributed by atoms with E-state index in [0.29, 0.717) is 0 Å². The van der Waals surface area contributed by atoms with Crippen molar-refractivity contribution in [3.8, 4) is 0 Å². The summed E-state index contributed by atoms with van der Waals surface area (Å²) in [6, 6.07) is 0.727. The van der Waals surface area contributed by atoms with Crippen LogP contribution >= 0.6 is 0 Å². The Balaban J connectivity index is 1.61. The lowest BCUT2D eigenvalue weighted by Crippen LogP contribution is -2.50. The maximum Gasteiger partial charge on any atom is 0.249 e. The number of hydrogen-bond donors (Lipinski definition) is 1. The molecular formula is C19H35N3O3. The Morgan fingerprint density at radius 1 is 1.20 bits per heavy atom. The van der Waals surface area contributed by atoms with Crippen molar-refractivity contribution in [1.82, 2.24) is 14.7 Å². The van der Waals surface area contributed by atoms with Crippen molar-refractivity contribution >= 4 is 5.91 Å². The summed E-state index contributed by atoms with van der Waals surface area (Å²) in [4.78, 5) is 19.4. The second-order valence-corrected chi connectivity index (χ2v) is 8.82. The minimum absolute atomic E-state index is 0.00803. The van der Waals surface area contributed by atoms with Gasteiger partial charge in [-0.3, -0.25) is 4.79 Å². The van der Waals surface area contributed by atoms with Crippen LogP contribution in [0.15, 0.2) is 0 Å². The Labute approximate surface area is 152 Å². The number of aliphatic hydroxyl groups is 1. The lowest BCUT2D eigenvalue weighted by atomic mass is 9.74. The van der Waals surface area contributed by atoms with E-state index >= 15 is 0 Å². The monoisotopic (exact) mass is 353 g/mol. The van der Waals surface area contributed by atoms with Crippen molar-refractivity contribution in [2.75, 3.05) is 60.1 Å². The van der Waals surface area contributed by atoms with E-state index in [1.807, 2.05) is 11.8 Å². The SMILES string of the molecule is COCC(=O)N1CC2(CCN(C3CCN(C)CC3)CC2)C[C@@]1(C)CO. The Kier molecular flexibility index (Phi) is 5.73. The summed E-state index contributed by atoms with van der Waals surface area (Å²) in [5.74, 6) is 0.00803. The van der Waals surface area contributed by atoms with Crippen LogP contribution in [0.5, 0.6) is 0 Å². The van der Waals surface area contributed by atoms with Crippen molar-refractivity contribution in [2.45, 2.75) is 50.6 Å². The molecule has 144 valence electrons. The maximum absolute atomic E-state index is 12.5. The van der Waals surface area contributed by atoms with E-state index in [4.69, 9.17) is 4.74 Å². The van der Waals surface area contributed by atoms with Crippen molar-refractivity contribution < 1.29 is 14.6 Å². The number of aliphatic hydroxyl groups excluding tert-OH is 1. The van der Waals surface area contributed by atoms with E-state index in [1.165, 1.54) is 25.9 Å². The van der Waals surface area contributed by atoms with Crippen LogP contribution in [0, 0.1) is 5.41 Å². The average Bonchev–Trinajstić information content (AvgIpc) is 2.90. The van der Waals surface area contributed by atoms with Gasteiger partial charge in [-0.05, 0) is 77.7 Å². The lowest BCUT2D eigenvalue weighted by Gasteiger charge is -2.44. The molecule has 0 bridgehead atoms. The van der Waals surface area contributed by atoms with Crippen LogP contribution in [0.25, 0.3) is 0 Å². The highest BCUT2D eigenvalue weighted by atomic mass is 16.5. The Morgan fingerprint density at radius 3 is 2.40 bits per heavy atom. The van der Waals surface area contributed by atoms with Crippen LogP contribution in [-0.4, -0.2) is 97.4 Å². The number of carbonyl (C=O) groups excluding carboxylic acids is 1. The highest BCUT2D eigenvalue weighted by Gasteiger charge is 2.53. The van der Waals surface area contributed by atoms with E-state index in [1.54, 1.807) is 7.11 Å². The fraction of sp³-hybridized carbons (Fsp3) is 0.947. The van der Waals surface area contributed by atoms with Crippen LogP contribution in [0.4, 0.5) is 0 Å². The lowest BCUT2D eigenvalue weighted by molar-refractivity contribution is -0.140. The maximum atomic E-state index is 12.5. The first-order valence-electron chi connectivity index (χ1n) is 9.74. The van der Waals surface area contributed by atoms with Gasteiger partial charge in [0.05, 0.1) is 12.1 Å². The number of methoxy groups -OCH3 is 1.